The fourth-order valence-electron chi connectivity index (χ4n) is 6.79. The van der Waals surface area contributed by atoms with E-state index in [2.05, 4.69) is 35.6 Å². The van der Waals surface area contributed by atoms with E-state index in [1.165, 1.54) is 25.8 Å². The monoisotopic (exact) mass is 723 g/mol. The zero-order valence-corrected chi connectivity index (χ0v) is 32.5. The average molecular weight is 724 g/mol. The number of nitrogens with one attached hydrogen (secondary N) is 2. The molecule has 6 rings (SSSR count). The molecule has 1 saturated heterocycles. The van der Waals surface area contributed by atoms with E-state index in [1.54, 1.807) is 41.2 Å². The summed E-state index contributed by atoms with van der Waals surface area (Å²) in [4.78, 5) is 28.6. The quantitative estimate of drug-likeness (QED) is 0.133. The van der Waals surface area contributed by atoms with Crippen LogP contribution in [-0.4, -0.2) is 76.3 Å². The maximum absolute atomic E-state index is 14.2. The van der Waals surface area contributed by atoms with Gasteiger partial charge in [0.2, 0.25) is 5.91 Å². The van der Waals surface area contributed by atoms with Gasteiger partial charge in [0.05, 0.1) is 18.3 Å². The summed E-state index contributed by atoms with van der Waals surface area (Å²) in [6.07, 6.45) is 8.70. The van der Waals surface area contributed by atoms with Gasteiger partial charge in [0.15, 0.2) is 0 Å². The number of carboxylic acid groups (broad SMARTS) is 1. The van der Waals surface area contributed by atoms with Crippen LogP contribution in [0.2, 0.25) is 0 Å². The van der Waals surface area contributed by atoms with Crippen LogP contribution in [0.25, 0.3) is 11.1 Å². The first-order valence-electron chi connectivity index (χ1n) is 17.5. The molecule has 13 heteroatoms. The maximum atomic E-state index is 14.2. The van der Waals surface area contributed by atoms with E-state index < -0.39 is 12.4 Å². The molecule has 0 saturated carbocycles. The fourth-order valence-corrected chi connectivity index (χ4v) is 6.79. The minimum Gasteiger partial charge on any atom is -0.478 e. The Morgan fingerprint density at radius 3 is 2.38 bits per heavy atom. The Morgan fingerprint density at radius 2 is 1.81 bits per heavy atom. The molecule has 3 aromatic rings. The number of piperidine rings is 1. The van der Waals surface area contributed by atoms with E-state index in [4.69, 9.17) is 5.11 Å². The largest absolute Gasteiger partial charge is 1.00 e. The molecule has 0 spiro atoms. The van der Waals surface area contributed by atoms with Gasteiger partial charge in [-0.15, -0.1) is 6.54 Å². The topological polar surface area (TPSA) is 118 Å². The van der Waals surface area contributed by atoms with Gasteiger partial charge in [0.1, 0.15) is 5.84 Å². The molecule has 1 amide bonds. The molecular weight excluding hydrogens is 675 g/mol. The predicted octanol–water partition coefficient (Wildman–Crippen LogP) is 3.86. The summed E-state index contributed by atoms with van der Waals surface area (Å²) < 4.78 is 30.0. The summed E-state index contributed by atoms with van der Waals surface area (Å²) in [5, 5.41) is 25.6. The second-order valence-corrected chi connectivity index (χ2v) is 13.2. The Bertz CT molecular complexity index is 1730. The van der Waals surface area contributed by atoms with Crippen molar-refractivity contribution < 1.29 is 53.0 Å². The van der Waals surface area contributed by atoms with E-state index in [0.29, 0.717) is 66.8 Å². The molecule has 3 aliphatic heterocycles. The molecule has 0 atom stereocenters. The van der Waals surface area contributed by atoms with Gasteiger partial charge in [-0.3, -0.25) is 14.9 Å². The molecule has 0 unspecified atom stereocenters. The number of carbonyl (C=O) groups is 2. The third-order valence-electron chi connectivity index (χ3n) is 9.71. The van der Waals surface area contributed by atoms with Crippen molar-refractivity contribution in [2.45, 2.75) is 64.3 Å². The van der Waals surface area contributed by atoms with Crippen molar-refractivity contribution in [1.82, 2.24) is 20.0 Å². The predicted molar refractivity (Wildman–Crippen MR) is 197 cm³/mol. The Labute approximate surface area is 328 Å². The standard InChI is InChI=1S/C27H34F2N6O.C12H14NO2.Na/c1-5-20(6-2)32-24-9-11-34(17(3)36)16-23(24)27(30)35-10-7-8-18-12-21(19-14-31-33(4)15-19)22(26(28)29)13-25(18)35;14-12(15)10-4-6-11(7-5-10)13-8-2-1-3-9-13;/h12-15,20,26,30,32H,1-2,5-11,16H2,3-4H3;2,4-7H,1,3,8-9H2,(H,14,15);/q-2;-1;+1. The van der Waals surface area contributed by atoms with Crippen LogP contribution in [0.4, 0.5) is 20.2 Å². The van der Waals surface area contributed by atoms with Gasteiger partial charge in [-0.05, 0) is 66.4 Å². The van der Waals surface area contributed by atoms with Crippen LogP contribution in [0.15, 0.2) is 60.1 Å². The first-order chi connectivity index (χ1) is 24.5. The van der Waals surface area contributed by atoms with Gasteiger partial charge in [-0.25, -0.2) is 13.6 Å². The molecule has 0 aliphatic carbocycles. The van der Waals surface area contributed by atoms with Crippen LogP contribution in [0.1, 0.15) is 73.4 Å². The van der Waals surface area contributed by atoms with Crippen LogP contribution in [0.3, 0.4) is 0 Å². The van der Waals surface area contributed by atoms with Gasteiger partial charge in [-0.1, -0.05) is 6.42 Å². The van der Waals surface area contributed by atoms with Crippen molar-refractivity contribution in [2.75, 3.05) is 42.5 Å². The third-order valence-corrected chi connectivity index (χ3v) is 9.71. The summed E-state index contributed by atoms with van der Waals surface area (Å²) in [5.41, 5.74) is 5.68. The number of aromatic carboxylic acids is 1. The zero-order valence-electron chi connectivity index (χ0n) is 30.5. The number of nitrogens with zero attached hydrogens (tertiary/aromatic N) is 5. The number of alkyl halides is 2. The number of amidine groups is 1. The number of anilines is 2. The number of fused-ring (bicyclic) bond motifs is 1. The maximum Gasteiger partial charge on any atom is 1.00 e. The van der Waals surface area contributed by atoms with Crippen LogP contribution in [0, 0.1) is 25.7 Å². The molecule has 1 aromatic heterocycles. The Hall–Kier alpha value is -3.74. The molecule has 0 radical (unpaired) electrons. The zero-order chi connectivity index (χ0) is 36.7. The first kappa shape index (κ1) is 41.0. The van der Waals surface area contributed by atoms with E-state index in [0.717, 1.165) is 42.9 Å². The van der Waals surface area contributed by atoms with Crippen molar-refractivity contribution in [3.05, 3.63) is 97.0 Å². The fraction of sp³-hybridized carbons (Fsp3) is 0.410. The summed E-state index contributed by atoms with van der Waals surface area (Å²) >= 11 is 0. The number of benzene rings is 2. The molecule has 10 nitrogen and oxygen atoms in total. The summed E-state index contributed by atoms with van der Waals surface area (Å²) in [7, 11) is 1.76. The molecule has 3 N–H and O–H groups in total. The van der Waals surface area contributed by atoms with Crippen LogP contribution < -0.4 is 44.7 Å². The molecule has 2 aromatic carbocycles. The number of aromatic nitrogens is 2. The van der Waals surface area contributed by atoms with Gasteiger partial charge in [0, 0.05) is 80.0 Å². The number of rotatable bonds is 9. The Morgan fingerprint density at radius 1 is 1.08 bits per heavy atom. The Balaban J connectivity index is 0.000000316. The van der Waals surface area contributed by atoms with Crippen molar-refractivity contribution >= 4 is 29.1 Å². The summed E-state index contributed by atoms with van der Waals surface area (Å²) in [5.74, 6) is -0.678. The van der Waals surface area contributed by atoms with Crippen molar-refractivity contribution in [2.24, 2.45) is 7.05 Å². The van der Waals surface area contributed by atoms with Crippen molar-refractivity contribution in [3.8, 4) is 11.1 Å². The Kier molecular flexibility index (Phi) is 14.9. The molecule has 274 valence electrons. The number of hydrogen-bond acceptors (Lipinski definition) is 6. The minimum absolute atomic E-state index is 0. The van der Waals surface area contributed by atoms with E-state index in [-0.39, 0.29) is 52.9 Å². The molecule has 1 fully saturated rings. The third kappa shape index (κ3) is 9.81. The van der Waals surface area contributed by atoms with Crippen LogP contribution in [-0.2, 0) is 18.3 Å². The molecule has 52 heavy (non-hydrogen) atoms. The smallest absolute Gasteiger partial charge is 0.478 e. The van der Waals surface area contributed by atoms with Gasteiger partial charge < -0.3 is 45.4 Å². The van der Waals surface area contributed by atoms with E-state index >= 15 is 0 Å². The SMILES string of the molecule is O=C(O)c1ccc(N2C[CH-]CCC2)cc1.[CH2-]CC(C[CH2-])NC1=C(C(=N)N2CCCc3cc(-c4cnn(C)c4)c(C(F)F)cc32)CN(C(C)=O)CC1.[Na+]. The van der Waals surface area contributed by atoms with Gasteiger partial charge in [0.25, 0.3) is 6.43 Å². The molecule has 4 heterocycles. The van der Waals surface area contributed by atoms with Crippen molar-refractivity contribution in [3.63, 3.8) is 0 Å². The number of amides is 1. The second-order valence-electron chi connectivity index (χ2n) is 13.2. The summed E-state index contributed by atoms with van der Waals surface area (Å²) in [6, 6.07) is 10.5. The molecular formula is C39H48F2N7NaO3-2. The normalized spacial score (nSPS) is 15.9. The number of carbonyl (C=O) groups excluding carboxylic acids is 1. The number of aryl methyl sites for hydroxylation is 2. The number of carboxylic acids is 1. The number of hydrogen-bond donors (Lipinski definition) is 3. The average Bonchev–Trinajstić information content (AvgIpc) is 3.59. The first-order valence-corrected chi connectivity index (χ1v) is 17.5. The second kappa shape index (κ2) is 18.8. The van der Waals surface area contributed by atoms with Crippen LogP contribution in [0.5, 0.6) is 0 Å². The summed E-state index contributed by atoms with van der Waals surface area (Å²) in [6.45, 7) is 12.9. The van der Waals surface area contributed by atoms with Gasteiger partial charge >= 0.3 is 35.5 Å². The minimum atomic E-state index is -2.67. The van der Waals surface area contributed by atoms with E-state index in [1.807, 2.05) is 23.1 Å². The van der Waals surface area contributed by atoms with E-state index in [9.17, 15) is 23.8 Å². The molecule has 3 aliphatic rings. The van der Waals surface area contributed by atoms with Crippen LogP contribution >= 0.6 is 0 Å². The number of halogens is 2. The van der Waals surface area contributed by atoms with Crippen molar-refractivity contribution in [1.29, 1.82) is 5.41 Å². The molecule has 0 bridgehead atoms. The van der Waals surface area contributed by atoms with Gasteiger partial charge in [-0.2, -0.15) is 24.4 Å².